The molecule has 1 N–H and O–H groups in total. The van der Waals surface area contributed by atoms with E-state index in [0.29, 0.717) is 24.1 Å². The van der Waals surface area contributed by atoms with E-state index in [-0.39, 0.29) is 6.61 Å². The molecule has 0 saturated carbocycles. The zero-order valence-electron chi connectivity index (χ0n) is 16.7. The summed E-state index contributed by atoms with van der Waals surface area (Å²) in [7, 11) is 3.27. The molecule has 0 bridgehead atoms. The second-order valence-electron chi connectivity index (χ2n) is 6.65. The van der Waals surface area contributed by atoms with E-state index in [1.807, 2.05) is 48.5 Å². The highest BCUT2D eigenvalue weighted by molar-refractivity contribution is 5.42. The number of nitrogens with zero attached hydrogens (tertiary/aromatic N) is 1. The lowest BCUT2D eigenvalue weighted by atomic mass is 10.1. The molecule has 0 amide bonds. The molecule has 0 aliphatic rings. The fraction of sp³-hybridized carbons (Fsp3) is 0.455. The molecule has 0 heterocycles. The molecule has 148 valence electrons. The van der Waals surface area contributed by atoms with Crippen molar-refractivity contribution in [2.75, 3.05) is 27.4 Å². The van der Waals surface area contributed by atoms with Gasteiger partial charge in [-0.25, -0.2) is 0 Å². The van der Waals surface area contributed by atoms with E-state index in [2.05, 4.69) is 18.7 Å². The number of benzene rings is 2. The van der Waals surface area contributed by atoms with Gasteiger partial charge >= 0.3 is 0 Å². The van der Waals surface area contributed by atoms with Gasteiger partial charge in [-0.05, 0) is 43.2 Å². The Bertz CT molecular complexity index is 677. The number of aliphatic hydroxyl groups is 1. The summed E-state index contributed by atoms with van der Waals surface area (Å²) in [6, 6.07) is 15.8. The highest BCUT2D eigenvalue weighted by Gasteiger charge is 2.18. The summed E-state index contributed by atoms with van der Waals surface area (Å²) in [6.45, 7) is 5.85. The van der Waals surface area contributed by atoms with Gasteiger partial charge in [-0.1, -0.05) is 31.2 Å². The van der Waals surface area contributed by atoms with Crippen molar-refractivity contribution in [3.63, 3.8) is 0 Å². The summed E-state index contributed by atoms with van der Waals surface area (Å²) in [5.74, 6) is 2.20. The van der Waals surface area contributed by atoms with Crippen LogP contribution < -0.4 is 14.2 Å². The van der Waals surface area contributed by atoms with E-state index < -0.39 is 6.10 Å². The number of methoxy groups -OCH3 is 2. The van der Waals surface area contributed by atoms with Crippen LogP contribution in [0.2, 0.25) is 0 Å². The number of ether oxygens (including phenoxy) is 3. The normalized spacial score (nSPS) is 13.3. The van der Waals surface area contributed by atoms with Gasteiger partial charge in [-0.15, -0.1) is 0 Å². The molecular weight excluding hydrogens is 342 g/mol. The van der Waals surface area contributed by atoms with Gasteiger partial charge in [0.05, 0.1) is 14.2 Å². The third kappa shape index (κ3) is 6.45. The van der Waals surface area contributed by atoms with Crippen molar-refractivity contribution < 1.29 is 19.3 Å². The average Bonchev–Trinajstić information content (AvgIpc) is 2.71. The van der Waals surface area contributed by atoms with Crippen LogP contribution in [-0.4, -0.2) is 49.5 Å². The summed E-state index contributed by atoms with van der Waals surface area (Å²) in [4.78, 5) is 2.26. The standard InChI is InChI=1S/C22H31NO4/c1-5-17(2)23(14-18-11-12-21(25-3)22(13-18)26-4)15-19(24)16-27-20-9-7-6-8-10-20/h6-13,17,19,24H,5,14-16H2,1-4H3/t17-,19+/m0/s1. The first-order chi connectivity index (χ1) is 13.1. The van der Waals surface area contributed by atoms with E-state index in [4.69, 9.17) is 14.2 Å². The second kappa shape index (κ2) is 10.8. The zero-order valence-corrected chi connectivity index (χ0v) is 16.7. The summed E-state index contributed by atoms with van der Waals surface area (Å²) >= 11 is 0. The largest absolute Gasteiger partial charge is 0.493 e. The van der Waals surface area contributed by atoms with Gasteiger partial charge in [0.25, 0.3) is 0 Å². The fourth-order valence-electron chi connectivity index (χ4n) is 2.90. The van der Waals surface area contributed by atoms with Crippen LogP contribution in [0, 0.1) is 0 Å². The molecule has 5 heteroatoms. The molecule has 2 aromatic carbocycles. The smallest absolute Gasteiger partial charge is 0.161 e. The molecule has 0 fully saturated rings. The average molecular weight is 373 g/mol. The lowest BCUT2D eigenvalue weighted by Crippen LogP contribution is -2.40. The molecule has 0 aliphatic carbocycles. The Balaban J connectivity index is 2.00. The molecule has 0 aliphatic heterocycles. The number of para-hydroxylation sites is 1. The number of hydrogen-bond donors (Lipinski definition) is 1. The van der Waals surface area contributed by atoms with Crippen molar-refractivity contribution >= 4 is 0 Å². The maximum absolute atomic E-state index is 10.5. The van der Waals surface area contributed by atoms with Crippen molar-refractivity contribution in [3.8, 4) is 17.2 Å². The molecule has 27 heavy (non-hydrogen) atoms. The van der Waals surface area contributed by atoms with E-state index in [1.165, 1.54) is 0 Å². The summed E-state index contributed by atoms with van der Waals surface area (Å²) in [6.07, 6.45) is 0.430. The van der Waals surface area contributed by atoms with Gasteiger partial charge in [-0.2, -0.15) is 0 Å². The van der Waals surface area contributed by atoms with Crippen molar-refractivity contribution in [3.05, 3.63) is 54.1 Å². The molecule has 0 aromatic heterocycles. The molecule has 0 spiro atoms. The first kappa shape index (κ1) is 21.1. The highest BCUT2D eigenvalue weighted by Crippen LogP contribution is 2.28. The highest BCUT2D eigenvalue weighted by atomic mass is 16.5. The van der Waals surface area contributed by atoms with Crippen LogP contribution in [0.1, 0.15) is 25.8 Å². The molecular formula is C22H31NO4. The Morgan fingerprint density at radius 3 is 2.33 bits per heavy atom. The summed E-state index contributed by atoms with van der Waals surface area (Å²) in [5.41, 5.74) is 1.11. The monoisotopic (exact) mass is 373 g/mol. The zero-order chi connectivity index (χ0) is 19.6. The minimum atomic E-state index is -0.570. The van der Waals surface area contributed by atoms with Gasteiger partial charge in [0.15, 0.2) is 11.5 Å². The molecule has 2 atom stereocenters. The van der Waals surface area contributed by atoms with Crippen LogP contribution in [0.3, 0.4) is 0 Å². The van der Waals surface area contributed by atoms with E-state index >= 15 is 0 Å². The lowest BCUT2D eigenvalue weighted by Gasteiger charge is -2.30. The Morgan fingerprint density at radius 1 is 1.00 bits per heavy atom. The van der Waals surface area contributed by atoms with Gasteiger partial charge in [0, 0.05) is 19.1 Å². The number of aliphatic hydroxyl groups excluding tert-OH is 1. The first-order valence-electron chi connectivity index (χ1n) is 9.38. The van der Waals surface area contributed by atoms with Crippen LogP contribution in [0.25, 0.3) is 0 Å². The van der Waals surface area contributed by atoms with Crippen LogP contribution in [0.15, 0.2) is 48.5 Å². The van der Waals surface area contributed by atoms with Crippen molar-refractivity contribution in [2.45, 2.75) is 39.0 Å². The Hall–Kier alpha value is -2.24. The van der Waals surface area contributed by atoms with Crippen molar-refractivity contribution in [1.82, 2.24) is 4.90 Å². The third-order valence-electron chi connectivity index (χ3n) is 4.68. The predicted octanol–water partition coefficient (Wildman–Crippen LogP) is 3.74. The molecule has 0 saturated heterocycles. The quantitative estimate of drug-likeness (QED) is 0.650. The molecule has 2 rings (SSSR count). The minimum Gasteiger partial charge on any atom is -0.493 e. The minimum absolute atomic E-state index is 0.267. The Labute approximate surface area is 162 Å². The van der Waals surface area contributed by atoms with E-state index in [0.717, 1.165) is 24.3 Å². The van der Waals surface area contributed by atoms with Crippen LogP contribution in [0.4, 0.5) is 0 Å². The maximum atomic E-state index is 10.5. The molecule has 0 unspecified atom stereocenters. The van der Waals surface area contributed by atoms with Gasteiger partial charge < -0.3 is 19.3 Å². The summed E-state index contributed by atoms with van der Waals surface area (Å²) < 4.78 is 16.4. The van der Waals surface area contributed by atoms with Gasteiger partial charge in [0.1, 0.15) is 18.5 Å². The molecule has 0 radical (unpaired) electrons. The van der Waals surface area contributed by atoms with Gasteiger partial charge in [-0.3, -0.25) is 4.90 Å². The molecule has 5 nitrogen and oxygen atoms in total. The maximum Gasteiger partial charge on any atom is 0.161 e. The van der Waals surface area contributed by atoms with Crippen LogP contribution >= 0.6 is 0 Å². The predicted molar refractivity (Wildman–Crippen MR) is 108 cm³/mol. The van der Waals surface area contributed by atoms with Crippen molar-refractivity contribution in [2.24, 2.45) is 0 Å². The Morgan fingerprint density at radius 2 is 1.70 bits per heavy atom. The number of hydrogen-bond acceptors (Lipinski definition) is 5. The van der Waals surface area contributed by atoms with E-state index in [9.17, 15) is 5.11 Å². The lowest BCUT2D eigenvalue weighted by molar-refractivity contribution is 0.0506. The number of rotatable bonds is 11. The molecule has 2 aromatic rings. The third-order valence-corrected chi connectivity index (χ3v) is 4.68. The van der Waals surface area contributed by atoms with Crippen LogP contribution in [-0.2, 0) is 6.54 Å². The first-order valence-corrected chi connectivity index (χ1v) is 9.38. The topological polar surface area (TPSA) is 51.2 Å². The Kier molecular flexibility index (Phi) is 8.43. The second-order valence-corrected chi connectivity index (χ2v) is 6.65. The summed E-state index contributed by atoms with van der Waals surface area (Å²) in [5, 5.41) is 10.5. The van der Waals surface area contributed by atoms with Crippen LogP contribution in [0.5, 0.6) is 17.2 Å². The van der Waals surface area contributed by atoms with E-state index in [1.54, 1.807) is 14.2 Å². The fourth-order valence-corrected chi connectivity index (χ4v) is 2.90. The van der Waals surface area contributed by atoms with Gasteiger partial charge in [0.2, 0.25) is 0 Å². The van der Waals surface area contributed by atoms with Crippen molar-refractivity contribution in [1.29, 1.82) is 0 Å². The SMILES string of the molecule is CC[C@H](C)N(Cc1ccc(OC)c(OC)c1)C[C@@H](O)COc1ccccc1.